The van der Waals surface area contributed by atoms with E-state index in [-0.39, 0.29) is 37.3 Å². The summed E-state index contributed by atoms with van der Waals surface area (Å²) in [5, 5.41) is 39.3. The van der Waals surface area contributed by atoms with Crippen molar-refractivity contribution in [2.75, 3.05) is 12.3 Å². The van der Waals surface area contributed by atoms with Crippen LogP contribution in [0, 0.1) is 5.92 Å². The zero-order valence-corrected chi connectivity index (χ0v) is 32.3. The number of amides is 6. The highest BCUT2D eigenvalue weighted by atomic mass is 16.5. The Bertz CT molecular complexity index is 2110. The van der Waals surface area contributed by atoms with Gasteiger partial charge in [0.2, 0.25) is 29.5 Å². The molecule has 19 nitrogen and oxygen atoms in total. The number of anilines is 1. The smallest absolute Gasteiger partial charge is 0.407 e. The van der Waals surface area contributed by atoms with Crippen LogP contribution in [0.3, 0.4) is 0 Å². The van der Waals surface area contributed by atoms with Crippen molar-refractivity contribution in [2.45, 2.75) is 80.9 Å². The van der Waals surface area contributed by atoms with Crippen molar-refractivity contribution < 1.29 is 58.4 Å². The molecule has 5 rings (SSSR count). The second-order valence-electron chi connectivity index (χ2n) is 14.9. The number of fused-ring (bicyclic) bond motifs is 3. The number of phenols is 1. The fraction of sp³-hybridized carbons (Fsp3) is 0.366. The van der Waals surface area contributed by atoms with E-state index in [1.54, 1.807) is 0 Å². The van der Waals surface area contributed by atoms with Crippen LogP contribution in [-0.2, 0) is 44.7 Å². The lowest BCUT2D eigenvalue weighted by atomic mass is 9.80. The molecular formula is C41H47N7O12. The maximum atomic E-state index is 14.3. The van der Waals surface area contributed by atoms with Crippen molar-refractivity contribution >= 4 is 53.3 Å². The van der Waals surface area contributed by atoms with Crippen LogP contribution in [-0.4, -0.2) is 93.2 Å². The first kappa shape index (κ1) is 43.9. The second-order valence-corrected chi connectivity index (χ2v) is 14.9. The molecule has 0 saturated heterocycles. The molecule has 0 heterocycles. The Kier molecular flexibility index (Phi) is 13.9. The average molecular weight is 830 g/mol. The number of benzene rings is 3. The number of phenolic OH excluding ortho intramolecular Hbond substituents is 1. The first-order valence-electron chi connectivity index (χ1n) is 19.1. The van der Waals surface area contributed by atoms with Crippen molar-refractivity contribution in [1.82, 2.24) is 21.3 Å². The van der Waals surface area contributed by atoms with Crippen molar-refractivity contribution in [1.29, 1.82) is 0 Å². The largest absolute Gasteiger partial charge is 0.506 e. The average Bonchev–Trinajstić information content (AvgIpc) is 3.52. The molecule has 0 bridgehead atoms. The molecule has 0 spiro atoms. The van der Waals surface area contributed by atoms with Gasteiger partial charge in [-0.15, -0.1) is 0 Å². The molecule has 3 aromatic carbocycles. The molecule has 318 valence electrons. The van der Waals surface area contributed by atoms with Gasteiger partial charge in [-0.3, -0.25) is 33.6 Å². The standard InChI is InChI=1S/C41H47N7O12/c42-28-16-21(12-13-32(28)49)17-30(36(53)48-41(14-6-1-7-15-41)39(58)46-29(34(44)51)19-33(43)50)45-35(52)31(18-26(37(54)55)38(56)57)47-40(59)60-20-27-24-10-4-2-8-22(24)23-9-3-5-11-25(23)27/h2-5,8-13,16,26-27,29-31,49H,1,6-7,14-15,17-20,42H2,(H2,43,50)(H2,44,51)(H,45,52)(H,46,58)(H,47,59)(H,48,53)(H,54,55)(H,56,57)/t29-,30-,31-/m0/s1. The van der Waals surface area contributed by atoms with E-state index in [2.05, 4.69) is 21.3 Å². The third-order valence-electron chi connectivity index (χ3n) is 10.7. The Morgan fingerprint density at radius 1 is 0.750 bits per heavy atom. The molecule has 0 aliphatic heterocycles. The maximum absolute atomic E-state index is 14.3. The molecule has 1 saturated carbocycles. The summed E-state index contributed by atoms with van der Waals surface area (Å²) in [6.45, 7) is -0.205. The number of nitrogen functional groups attached to an aromatic ring is 1. The summed E-state index contributed by atoms with van der Waals surface area (Å²) in [7, 11) is 0. The normalized spacial score (nSPS) is 15.6. The fourth-order valence-electron chi connectivity index (χ4n) is 7.61. The van der Waals surface area contributed by atoms with Gasteiger partial charge in [0, 0.05) is 18.8 Å². The molecule has 0 unspecified atom stereocenters. The van der Waals surface area contributed by atoms with Crippen molar-refractivity contribution in [3.05, 3.63) is 83.4 Å². The van der Waals surface area contributed by atoms with Gasteiger partial charge in [0.05, 0.1) is 12.1 Å². The maximum Gasteiger partial charge on any atom is 0.407 e. The van der Waals surface area contributed by atoms with Gasteiger partial charge in [-0.1, -0.05) is 73.9 Å². The Balaban J connectivity index is 1.41. The van der Waals surface area contributed by atoms with Crippen LogP contribution >= 0.6 is 0 Å². The Morgan fingerprint density at radius 2 is 1.35 bits per heavy atom. The lowest BCUT2D eigenvalue weighted by Crippen LogP contribution is -2.65. The predicted octanol–water partition coefficient (Wildman–Crippen LogP) is 0.749. The molecule has 6 amide bonds. The van der Waals surface area contributed by atoms with E-state index in [1.807, 2.05) is 48.5 Å². The van der Waals surface area contributed by atoms with E-state index in [0.717, 1.165) is 22.3 Å². The van der Waals surface area contributed by atoms with Crippen LogP contribution in [0.25, 0.3) is 11.1 Å². The van der Waals surface area contributed by atoms with Gasteiger partial charge in [0.25, 0.3) is 0 Å². The zero-order valence-electron chi connectivity index (χ0n) is 32.3. The lowest BCUT2D eigenvalue weighted by molar-refractivity contribution is -0.155. The van der Waals surface area contributed by atoms with Gasteiger partial charge in [-0.2, -0.15) is 0 Å². The van der Waals surface area contributed by atoms with Crippen LogP contribution in [0.4, 0.5) is 10.5 Å². The number of primary amides is 2. The highest BCUT2D eigenvalue weighted by molar-refractivity contribution is 5.99. The minimum Gasteiger partial charge on any atom is -0.506 e. The molecule has 19 heteroatoms. The summed E-state index contributed by atoms with van der Waals surface area (Å²) in [6.07, 6.45) is -1.37. The molecule has 0 radical (unpaired) electrons. The number of ether oxygens (including phenoxy) is 1. The quantitative estimate of drug-likeness (QED) is 0.0481. The zero-order chi connectivity index (χ0) is 43.7. The van der Waals surface area contributed by atoms with E-state index in [0.29, 0.717) is 24.8 Å². The fourth-order valence-corrected chi connectivity index (χ4v) is 7.61. The van der Waals surface area contributed by atoms with Crippen molar-refractivity contribution in [3.8, 4) is 16.9 Å². The number of carboxylic acids is 2. The molecule has 2 aliphatic rings. The number of alkyl carbamates (subject to hydrolysis) is 1. The number of rotatable bonds is 18. The van der Waals surface area contributed by atoms with E-state index >= 15 is 0 Å². The SMILES string of the molecule is NC(=O)C[C@H](NC(=O)C1(NC(=O)[C@H](Cc2ccc(O)c(N)c2)NC(=O)[C@H](CC(C(=O)O)C(=O)O)NC(=O)OCC2c3ccccc3-c3ccccc32)CCCCC1)C(N)=O. The highest BCUT2D eigenvalue weighted by Gasteiger charge is 2.44. The minimum atomic E-state index is -2.19. The molecule has 0 aromatic heterocycles. The lowest BCUT2D eigenvalue weighted by Gasteiger charge is -2.38. The summed E-state index contributed by atoms with van der Waals surface area (Å²) in [5.74, 6) is -11.4. The number of aliphatic carboxylic acids is 2. The summed E-state index contributed by atoms with van der Waals surface area (Å²) in [4.78, 5) is 103. The van der Waals surface area contributed by atoms with Gasteiger partial charge in [0.15, 0.2) is 5.92 Å². The molecular weight excluding hydrogens is 782 g/mol. The monoisotopic (exact) mass is 829 g/mol. The highest BCUT2D eigenvalue weighted by Crippen LogP contribution is 2.44. The van der Waals surface area contributed by atoms with Crippen LogP contribution in [0.15, 0.2) is 66.7 Å². The molecule has 1 fully saturated rings. The Hall–Kier alpha value is -7.18. The molecule has 13 N–H and O–H groups in total. The number of hydrogen-bond acceptors (Lipinski definition) is 11. The number of nitrogens with two attached hydrogens (primary N) is 3. The topological polar surface area (TPSA) is 333 Å². The number of carboxylic acid groups (broad SMARTS) is 2. The number of carbonyl (C=O) groups is 8. The number of nitrogens with one attached hydrogen (secondary N) is 4. The van der Waals surface area contributed by atoms with E-state index < -0.39 is 95.9 Å². The van der Waals surface area contributed by atoms with E-state index in [1.165, 1.54) is 18.2 Å². The van der Waals surface area contributed by atoms with Crippen LogP contribution in [0.2, 0.25) is 0 Å². The van der Waals surface area contributed by atoms with Crippen LogP contribution in [0.5, 0.6) is 5.75 Å². The Morgan fingerprint density at radius 3 is 1.90 bits per heavy atom. The van der Waals surface area contributed by atoms with Crippen molar-refractivity contribution in [3.63, 3.8) is 0 Å². The third-order valence-corrected chi connectivity index (χ3v) is 10.7. The molecule has 3 aromatic rings. The molecule has 3 atom stereocenters. The van der Waals surface area contributed by atoms with Gasteiger partial charge >= 0.3 is 18.0 Å². The van der Waals surface area contributed by atoms with E-state index in [9.17, 15) is 53.7 Å². The van der Waals surface area contributed by atoms with Gasteiger partial charge in [-0.05, 0) is 52.8 Å². The first-order valence-corrected chi connectivity index (χ1v) is 19.1. The van der Waals surface area contributed by atoms with Crippen LogP contribution in [0.1, 0.15) is 67.6 Å². The van der Waals surface area contributed by atoms with Gasteiger partial charge in [0.1, 0.15) is 36.0 Å². The minimum absolute atomic E-state index is 0.0737. The third kappa shape index (κ3) is 10.5. The summed E-state index contributed by atoms with van der Waals surface area (Å²) in [6, 6.07) is 14.0. The summed E-state index contributed by atoms with van der Waals surface area (Å²) < 4.78 is 5.56. The number of hydrogen-bond donors (Lipinski definition) is 10. The number of aromatic hydroxyl groups is 1. The second kappa shape index (κ2) is 19.0. The Labute approximate surface area is 343 Å². The summed E-state index contributed by atoms with van der Waals surface area (Å²) in [5.41, 5.74) is 18.7. The molecule has 2 aliphatic carbocycles. The first-order chi connectivity index (χ1) is 28.5. The molecule has 60 heavy (non-hydrogen) atoms. The van der Waals surface area contributed by atoms with E-state index in [4.69, 9.17) is 21.9 Å². The van der Waals surface area contributed by atoms with Crippen molar-refractivity contribution in [2.24, 2.45) is 17.4 Å². The number of carbonyl (C=O) groups excluding carboxylic acids is 6. The van der Waals surface area contributed by atoms with Gasteiger partial charge < -0.3 is 58.5 Å². The van der Waals surface area contributed by atoms with Crippen LogP contribution < -0.4 is 38.5 Å². The summed E-state index contributed by atoms with van der Waals surface area (Å²) >= 11 is 0. The van der Waals surface area contributed by atoms with Gasteiger partial charge in [-0.25, -0.2) is 4.79 Å². The predicted molar refractivity (Wildman–Crippen MR) is 212 cm³/mol.